The molecular weight excluding hydrogens is 284 g/mol. The summed E-state index contributed by atoms with van der Waals surface area (Å²) in [6, 6.07) is 24.3. The molecule has 3 aromatic carbocycles. The van der Waals surface area contributed by atoms with Crippen LogP contribution in [0.3, 0.4) is 0 Å². The maximum Gasteiger partial charge on any atom is 0.239 e. The number of fused-ring (bicyclic) bond motifs is 2. The quantitative estimate of drug-likeness (QED) is 0.274. The van der Waals surface area contributed by atoms with E-state index in [0.717, 1.165) is 0 Å². The summed E-state index contributed by atoms with van der Waals surface area (Å²) in [7, 11) is 0. The van der Waals surface area contributed by atoms with E-state index < -0.39 is 0 Å². The Labute approximate surface area is 134 Å². The molecule has 0 spiro atoms. The van der Waals surface area contributed by atoms with Gasteiger partial charge in [-0.2, -0.15) is 0 Å². The normalized spacial score (nSPS) is 11.2. The molecule has 0 N–H and O–H groups in total. The van der Waals surface area contributed by atoms with Gasteiger partial charge in [-0.25, -0.2) is 0 Å². The van der Waals surface area contributed by atoms with Gasteiger partial charge in [0.2, 0.25) is 20.7 Å². The van der Waals surface area contributed by atoms with Gasteiger partial charge in [-0.05, 0) is 31.5 Å². The zero-order chi connectivity index (χ0) is 15.1. The lowest BCUT2D eigenvalue weighted by molar-refractivity contribution is 1.50. The molecule has 0 amide bonds. The second-order valence-electron chi connectivity index (χ2n) is 5.84. The Morgan fingerprint density at radius 1 is 0.636 bits per heavy atom. The van der Waals surface area contributed by atoms with Crippen molar-refractivity contribution in [2.45, 2.75) is 13.8 Å². The molecule has 0 aliphatic carbocycles. The number of benzene rings is 3. The highest BCUT2D eigenvalue weighted by atomic mass is 32.1. The van der Waals surface area contributed by atoms with Crippen LogP contribution in [0.1, 0.15) is 11.1 Å². The Balaban J connectivity index is 2.24. The summed E-state index contributed by atoms with van der Waals surface area (Å²) >= 11 is 1.88. The monoisotopic (exact) mass is 301 g/mol. The van der Waals surface area contributed by atoms with Crippen LogP contribution in [0.25, 0.3) is 31.3 Å². The van der Waals surface area contributed by atoms with Crippen LogP contribution in [0.15, 0.2) is 66.7 Å². The number of hydrogen-bond donors (Lipinski definition) is 0. The highest BCUT2D eigenvalue weighted by molar-refractivity contribution is 7.24. The standard InChI is InChI=1S/C21H17S/c1-14-8-10-19-17(12-14)21(16-6-4-3-5-7-16)18-13-15(2)9-11-20(18)22-19/h3-13H,1-2H3/q+1. The Kier molecular flexibility index (Phi) is 3.16. The summed E-state index contributed by atoms with van der Waals surface area (Å²) < 4.78 is 2.70. The summed E-state index contributed by atoms with van der Waals surface area (Å²) in [5.74, 6) is 0. The molecule has 1 heteroatoms. The molecule has 0 saturated heterocycles. The molecule has 0 atom stereocenters. The Bertz CT molecular complexity index is 925. The van der Waals surface area contributed by atoms with Gasteiger partial charge < -0.3 is 0 Å². The first-order chi connectivity index (χ1) is 10.7. The molecule has 0 aliphatic rings. The third-order valence-electron chi connectivity index (χ3n) is 4.09. The van der Waals surface area contributed by atoms with E-state index in [0.29, 0.717) is 0 Å². The van der Waals surface area contributed by atoms with Crippen molar-refractivity contribution in [1.29, 1.82) is 0 Å². The minimum Gasteiger partial charge on any atom is -0.0622 e. The van der Waals surface area contributed by atoms with E-state index in [4.69, 9.17) is 0 Å². The molecule has 0 aliphatic heterocycles. The fraction of sp³-hybridized carbons (Fsp3) is 0.0952. The van der Waals surface area contributed by atoms with E-state index in [1.165, 1.54) is 42.4 Å². The van der Waals surface area contributed by atoms with Gasteiger partial charge in [0.25, 0.3) is 0 Å². The maximum atomic E-state index is 2.32. The molecule has 106 valence electrons. The topological polar surface area (TPSA) is 0 Å². The van der Waals surface area contributed by atoms with Crippen LogP contribution < -0.4 is 0 Å². The van der Waals surface area contributed by atoms with E-state index in [-0.39, 0.29) is 0 Å². The molecule has 0 unspecified atom stereocenters. The summed E-state index contributed by atoms with van der Waals surface area (Å²) in [6.45, 7) is 4.33. The predicted octanol–water partition coefficient (Wildman–Crippen LogP) is 6.62. The van der Waals surface area contributed by atoms with Crippen LogP contribution >= 0.6 is 11.3 Å². The van der Waals surface area contributed by atoms with Crippen LogP contribution in [0.5, 0.6) is 0 Å². The largest absolute Gasteiger partial charge is 0.239 e. The average molecular weight is 301 g/mol. The zero-order valence-corrected chi connectivity index (χ0v) is 13.6. The average Bonchev–Trinajstić information content (AvgIpc) is 2.54. The van der Waals surface area contributed by atoms with Crippen molar-refractivity contribution in [3.63, 3.8) is 0 Å². The summed E-state index contributed by atoms with van der Waals surface area (Å²) in [5, 5.41) is 2.71. The van der Waals surface area contributed by atoms with Gasteiger partial charge in [-0.15, -0.1) is 0 Å². The number of hydrogen-bond acceptors (Lipinski definition) is 0. The Hall–Kier alpha value is -2.25. The number of aryl methyl sites for hydroxylation is 2. The fourth-order valence-electron chi connectivity index (χ4n) is 3.04. The molecular formula is C21H17S+. The van der Waals surface area contributed by atoms with Crippen molar-refractivity contribution < 1.29 is 0 Å². The van der Waals surface area contributed by atoms with Crippen molar-refractivity contribution in [2.24, 2.45) is 0 Å². The van der Waals surface area contributed by atoms with E-state index >= 15 is 0 Å². The van der Waals surface area contributed by atoms with Crippen molar-refractivity contribution in [1.82, 2.24) is 0 Å². The van der Waals surface area contributed by atoms with Crippen molar-refractivity contribution in [2.75, 3.05) is 0 Å². The van der Waals surface area contributed by atoms with Gasteiger partial charge in [0.05, 0.1) is 0 Å². The zero-order valence-electron chi connectivity index (χ0n) is 12.8. The first-order valence-corrected chi connectivity index (χ1v) is 8.36. The van der Waals surface area contributed by atoms with Crippen LogP contribution in [0.2, 0.25) is 0 Å². The molecule has 0 nitrogen and oxygen atoms in total. The van der Waals surface area contributed by atoms with E-state index in [1.807, 2.05) is 11.3 Å². The van der Waals surface area contributed by atoms with Gasteiger partial charge in [-0.3, -0.25) is 0 Å². The van der Waals surface area contributed by atoms with Crippen molar-refractivity contribution >= 4 is 31.5 Å². The first kappa shape index (κ1) is 13.4. The minimum atomic E-state index is 1.29. The molecule has 0 fully saturated rings. The molecule has 0 bridgehead atoms. The van der Waals surface area contributed by atoms with Gasteiger partial charge in [0.15, 0.2) is 0 Å². The van der Waals surface area contributed by atoms with E-state index in [2.05, 4.69) is 80.6 Å². The molecule has 0 saturated carbocycles. The van der Waals surface area contributed by atoms with E-state index in [1.54, 1.807) is 0 Å². The second kappa shape index (κ2) is 5.19. The van der Waals surface area contributed by atoms with Crippen LogP contribution in [0, 0.1) is 13.8 Å². The molecule has 4 aromatic rings. The smallest absolute Gasteiger partial charge is 0.0622 e. The third-order valence-corrected chi connectivity index (χ3v) is 5.24. The fourth-order valence-corrected chi connectivity index (χ4v) is 4.09. The highest BCUT2D eigenvalue weighted by Gasteiger charge is 2.18. The van der Waals surface area contributed by atoms with Crippen LogP contribution in [-0.2, 0) is 0 Å². The minimum absolute atomic E-state index is 1.29. The lowest BCUT2D eigenvalue weighted by Gasteiger charge is -2.07. The SMILES string of the molecule is Cc1ccc2[s+]c3ccc(C)cc3c(-c3ccccc3)c2c1. The van der Waals surface area contributed by atoms with Crippen molar-refractivity contribution in [3.05, 3.63) is 77.9 Å². The van der Waals surface area contributed by atoms with Crippen molar-refractivity contribution in [3.8, 4) is 11.1 Å². The molecule has 22 heavy (non-hydrogen) atoms. The van der Waals surface area contributed by atoms with Crippen LogP contribution in [-0.4, -0.2) is 0 Å². The number of rotatable bonds is 1. The lowest BCUT2D eigenvalue weighted by Crippen LogP contribution is -1.85. The van der Waals surface area contributed by atoms with Gasteiger partial charge >= 0.3 is 0 Å². The summed E-state index contributed by atoms with van der Waals surface area (Å²) in [5.41, 5.74) is 5.27. The molecule has 1 heterocycles. The highest BCUT2D eigenvalue weighted by Crippen LogP contribution is 2.39. The first-order valence-electron chi connectivity index (χ1n) is 7.54. The summed E-state index contributed by atoms with van der Waals surface area (Å²) in [4.78, 5) is 0. The summed E-state index contributed by atoms with van der Waals surface area (Å²) in [6.07, 6.45) is 0. The molecule has 4 rings (SSSR count). The van der Waals surface area contributed by atoms with Gasteiger partial charge in [0.1, 0.15) is 0 Å². The lowest BCUT2D eigenvalue weighted by atomic mass is 9.97. The maximum absolute atomic E-state index is 2.32. The van der Waals surface area contributed by atoms with E-state index in [9.17, 15) is 0 Å². The molecule has 1 aromatic heterocycles. The Morgan fingerprint density at radius 2 is 1.18 bits per heavy atom. The Morgan fingerprint density at radius 3 is 1.73 bits per heavy atom. The van der Waals surface area contributed by atoms with Crippen LogP contribution in [0.4, 0.5) is 0 Å². The second-order valence-corrected chi connectivity index (χ2v) is 6.93. The van der Waals surface area contributed by atoms with Gasteiger partial charge in [0, 0.05) is 28.5 Å². The van der Waals surface area contributed by atoms with Gasteiger partial charge in [-0.1, -0.05) is 53.6 Å². The molecule has 0 radical (unpaired) electrons. The predicted molar refractivity (Wildman–Crippen MR) is 98.6 cm³/mol. The third kappa shape index (κ3) is 2.18.